The van der Waals surface area contributed by atoms with E-state index < -0.39 is 0 Å². The summed E-state index contributed by atoms with van der Waals surface area (Å²) in [5.74, 6) is 1.38. The quantitative estimate of drug-likeness (QED) is 0.666. The Labute approximate surface area is 99.8 Å². The van der Waals surface area contributed by atoms with Gasteiger partial charge in [0.15, 0.2) is 0 Å². The summed E-state index contributed by atoms with van der Waals surface area (Å²) in [5.41, 5.74) is 0. The highest BCUT2D eigenvalue weighted by Crippen LogP contribution is 2.29. The first-order valence-corrected chi connectivity index (χ1v) is 7.76. The van der Waals surface area contributed by atoms with Gasteiger partial charge in [-0.2, -0.15) is 11.8 Å². The number of thioether (sulfide) groups is 1. The van der Waals surface area contributed by atoms with Crippen molar-refractivity contribution < 1.29 is 0 Å². The molecule has 2 heteroatoms. The van der Waals surface area contributed by atoms with Crippen LogP contribution in [-0.4, -0.2) is 23.6 Å². The van der Waals surface area contributed by atoms with E-state index in [1.54, 1.807) is 0 Å². The molecule has 0 aromatic carbocycles. The van der Waals surface area contributed by atoms with Gasteiger partial charge in [0.05, 0.1) is 0 Å². The van der Waals surface area contributed by atoms with E-state index in [9.17, 15) is 0 Å². The predicted molar refractivity (Wildman–Crippen MR) is 71.7 cm³/mol. The van der Waals surface area contributed by atoms with Crippen molar-refractivity contribution >= 4 is 11.8 Å². The van der Waals surface area contributed by atoms with Crippen molar-refractivity contribution in [2.75, 3.05) is 12.3 Å². The molecule has 0 radical (unpaired) electrons. The van der Waals surface area contributed by atoms with Crippen LogP contribution in [0.1, 0.15) is 58.8 Å². The fraction of sp³-hybridized carbons (Fsp3) is 1.00. The second-order valence-electron chi connectivity index (χ2n) is 4.66. The predicted octanol–water partition coefficient (Wildman–Crippen LogP) is 3.83. The molecule has 0 aromatic rings. The SMILES string of the molecule is CCCCSC1CCCC(NCCC)C1. The lowest BCUT2D eigenvalue weighted by molar-refractivity contribution is 0.381. The molecule has 2 atom stereocenters. The summed E-state index contributed by atoms with van der Waals surface area (Å²) < 4.78 is 0. The highest BCUT2D eigenvalue weighted by molar-refractivity contribution is 7.99. The first-order valence-electron chi connectivity index (χ1n) is 6.71. The molecule has 1 aliphatic rings. The summed E-state index contributed by atoms with van der Waals surface area (Å²) in [6.07, 6.45) is 9.72. The van der Waals surface area contributed by atoms with E-state index >= 15 is 0 Å². The molecule has 1 saturated carbocycles. The minimum atomic E-state index is 0.817. The Balaban J connectivity index is 2.11. The lowest BCUT2D eigenvalue weighted by atomic mass is 9.95. The third-order valence-corrected chi connectivity index (χ3v) is 4.58. The van der Waals surface area contributed by atoms with Gasteiger partial charge in [-0.15, -0.1) is 0 Å². The van der Waals surface area contributed by atoms with Crippen LogP contribution in [0.4, 0.5) is 0 Å². The van der Waals surface area contributed by atoms with E-state index in [0.717, 1.165) is 11.3 Å². The maximum Gasteiger partial charge on any atom is 0.00776 e. The third kappa shape index (κ3) is 5.82. The van der Waals surface area contributed by atoms with Gasteiger partial charge in [-0.05, 0) is 44.4 Å². The summed E-state index contributed by atoms with van der Waals surface area (Å²) in [6.45, 7) is 5.74. The topological polar surface area (TPSA) is 12.0 Å². The van der Waals surface area contributed by atoms with Crippen LogP contribution < -0.4 is 5.32 Å². The van der Waals surface area contributed by atoms with Crippen molar-refractivity contribution in [3.8, 4) is 0 Å². The Kier molecular flexibility index (Phi) is 7.54. The minimum Gasteiger partial charge on any atom is -0.314 e. The van der Waals surface area contributed by atoms with Gasteiger partial charge in [0.2, 0.25) is 0 Å². The molecule has 1 nitrogen and oxygen atoms in total. The van der Waals surface area contributed by atoms with Crippen LogP contribution in [0.2, 0.25) is 0 Å². The number of unbranched alkanes of at least 4 members (excludes halogenated alkanes) is 1. The van der Waals surface area contributed by atoms with Crippen molar-refractivity contribution in [2.24, 2.45) is 0 Å². The number of rotatable bonds is 7. The smallest absolute Gasteiger partial charge is 0.00776 e. The van der Waals surface area contributed by atoms with Crippen molar-refractivity contribution in [1.29, 1.82) is 0 Å². The van der Waals surface area contributed by atoms with Crippen molar-refractivity contribution in [1.82, 2.24) is 5.32 Å². The van der Waals surface area contributed by atoms with E-state index in [4.69, 9.17) is 0 Å². The third-order valence-electron chi connectivity index (χ3n) is 3.16. The molecule has 0 spiro atoms. The summed E-state index contributed by atoms with van der Waals surface area (Å²) in [6, 6.07) is 0.817. The Morgan fingerprint density at radius 3 is 2.80 bits per heavy atom. The minimum absolute atomic E-state index is 0.817. The molecule has 2 unspecified atom stereocenters. The zero-order chi connectivity index (χ0) is 10.9. The molecule has 0 aromatic heterocycles. The fourth-order valence-corrected chi connectivity index (χ4v) is 3.71. The van der Waals surface area contributed by atoms with Crippen molar-refractivity contribution in [2.45, 2.75) is 70.1 Å². The monoisotopic (exact) mass is 229 g/mol. The van der Waals surface area contributed by atoms with Crippen LogP contribution in [0.3, 0.4) is 0 Å². The van der Waals surface area contributed by atoms with Crippen molar-refractivity contribution in [3.05, 3.63) is 0 Å². The highest BCUT2D eigenvalue weighted by atomic mass is 32.2. The summed E-state index contributed by atoms with van der Waals surface area (Å²) >= 11 is 2.22. The Hall–Kier alpha value is 0.310. The lowest BCUT2D eigenvalue weighted by Gasteiger charge is -2.29. The van der Waals surface area contributed by atoms with Gasteiger partial charge in [0, 0.05) is 11.3 Å². The molecule has 0 bridgehead atoms. The Morgan fingerprint density at radius 2 is 2.07 bits per heavy atom. The van der Waals surface area contributed by atoms with Crippen LogP contribution in [0.15, 0.2) is 0 Å². The molecule has 0 saturated heterocycles. The van der Waals surface area contributed by atoms with Gasteiger partial charge in [0.25, 0.3) is 0 Å². The van der Waals surface area contributed by atoms with E-state index in [2.05, 4.69) is 30.9 Å². The molecule has 0 amide bonds. The molecular formula is C13H27NS. The zero-order valence-corrected chi connectivity index (χ0v) is 11.2. The maximum atomic E-state index is 3.68. The average Bonchev–Trinajstić information content (AvgIpc) is 2.27. The lowest BCUT2D eigenvalue weighted by Crippen LogP contribution is -2.35. The van der Waals surface area contributed by atoms with Crippen LogP contribution in [0.25, 0.3) is 0 Å². The van der Waals surface area contributed by atoms with Crippen LogP contribution in [0, 0.1) is 0 Å². The molecular weight excluding hydrogens is 202 g/mol. The standard InChI is InChI=1S/C13H27NS/c1-3-5-10-15-13-8-6-7-12(11-13)14-9-4-2/h12-14H,3-11H2,1-2H3. The van der Waals surface area contributed by atoms with E-state index in [0.29, 0.717) is 0 Å². The summed E-state index contributed by atoms with van der Waals surface area (Å²) in [5, 5.41) is 4.62. The Bertz CT molecular complexity index is 149. The number of hydrogen-bond acceptors (Lipinski definition) is 2. The van der Waals surface area contributed by atoms with Gasteiger partial charge >= 0.3 is 0 Å². The van der Waals surface area contributed by atoms with E-state index in [-0.39, 0.29) is 0 Å². The van der Waals surface area contributed by atoms with Gasteiger partial charge in [-0.25, -0.2) is 0 Å². The molecule has 0 heterocycles. The fourth-order valence-electron chi connectivity index (χ4n) is 2.22. The number of nitrogens with one attached hydrogen (secondary N) is 1. The molecule has 1 aliphatic carbocycles. The van der Waals surface area contributed by atoms with Crippen molar-refractivity contribution in [3.63, 3.8) is 0 Å². The first kappa shape index (κ1) is 13.4. The Morgan fingerprint density at radius 1 is 1.20 bits per heavy atom. The number of hydrogen-bond donors (Lipinski definition) is 1. The summed E-state index contributed by atoms with van der Waals surface area (Å²) in [4.78, 5) is 0. The second kappa shape index (κ2) is 8.46. The van der Waals surface area contributed by atoms with E-state index in [1.165, 1.54) is 57.2 Å². The van der Waals surface area contributed by atoms with Crippen LogP contribution in [-0.2, 0) is 0 Å². The maximum absolute atomic E-state index is 3.68. The van der Waals surface area contributed by atoms with Gasteiger partial charge in [0.1, 0.15) is 0 Å². The van der Waals surface area contributed by atoms with Gasteiger partial charge in [-0.1, -0.05) is 26.7 Å². The zero-order valence-electron chi connectivity index (χ0n) is 10.4. The molecule has 15 heavy (non-hydrogen) atoms. The van der Waals surface area contributed by atoms with Crippen LogP contribution >= 0.6 is 11.8 Å². The van der Waals surface area contributed by atoms with Gasteiger partial charge < -0.3 is 5.32 Å². The highest BCUT2D eigenvalue weighted by Gasteiger charge is 2.21. The first-order chi connectivity index (χ1) is 7.36. The normalized spacial score (nSPS) is 26.8. The van der Waals surface area contributed by atoms with Gasteiger partial charge in [-0.3, -0.25) is 0 Å². The van der Waals surface area contributed by atoms with E-state index in [1.807, 2.05) is 0 Å². The average molecular weight is 229 g/mol. The molecule has 1 N–H and O–H groups in total. The second-order valence-corrected chi connectivity index (χ2v) is 6.07. The largest absolute Gasteiger partial charge is 0.314 e. The molecule has 0 aliphatic heterocycles. The molecule has 1 fully saturated rings. The molecule has 1 rings (SSSR count). The molecule has 90 valence electrons. The summed E-state index contributed by atoms with van der Waals surface area (Å²) in [7, 11) is 0. The van der Waals surface area contributed by atoms with Crippen LogP contribution in [0.5, 0.6) is 0 Å².